The van der Waals surface area contributed by atoms with Gasteiger partial charge in [0.2, 0.25) is 0 Å². The van der Waals surface area contributed by atoms with Crippen molar-refractivity contribution in [1.29, 1.82) is 0 Å². The molecule has 0 saturated heterocycles. The Kier molecular flexibility index (Phi) is 4.93. The van der Waals surface area contributed by atoms with Gasteiger partial charge >= 0.3 is 12.4 Å². The molecule has 2 rings (SSSR count). The van der Waals surface area contributed by atoms with Crippen LogP contribution in [-0.2, 0) is 12.4 Å². The zero-order chi connectivity index (χ0) is 18.1. The average molecular weight is 412 g/mol. The molecule has 0 aliphatic rings. The minimum Gasteiger partial charge on any atom is -0.322 e. The zero-order valence-electron chi connectivity index (χ0n) is 11.6. The van der Waals surface area contributed by atoms with Crippen molar-refractivity contribution in [2.75, 3.05) is 5.32 Å². The first-order valence-corrected chi connectivity index (χ1v) is 7.13. The summed E-state index contributed by atoms with van der Waals surface area (Å²) in [7, 11) is 0. The highest BCUT2D eigenvalue weighted by molar-refractivity contribution is 9.10. The van der Waals surface area contributed by atoms with Crippen molar-refractivity contribution in [2.45, 2.75) is 12.4 Å². The van der Waals surface area contributed by atoms with Gasteiger partial charge in [-0.15, -0.1) is 0 Å². The van der Waals surface area contributed by atoms with E-state index in [1.54, 1.807) is 6.07 Å². The van der Waals surface area contributed by atoms with Crippen LogP contribution >= 0.6 is 15.9 Å². The van der Waals surface area contributed by atoms with Gasteiger partial charge in [-0.3, -0.25) is 4.79 Å². The van der Waals surface area contributed by atoms with Crippen LogP contribution in [0.15, 0.2) is 46.9 Å². The number of hydrogen-bond donors (Lipinski definition) is 1. The molecular weight excluding hydrogens is 404 g/mol. The number of carbonyl (C=O) groups is 1. The molecule has 2 aromatic carbocycles. The van der Waals surface area contributed by atoms with E-state index in [4.69, 9.17) is 0 Å². The number of benzene rings is 2. The molecule has 0 aromatic heterocycles. The van der Waals surface area contributed by atoms with E-state index in [1.165, 1.54) is 18.2 Å². The van der Waals surface area contributed by atoms with Crippen LogP contribution in [-0.4, -0.2) is 5.91 Å². The topological polar surface area (TPSA) is 29.1 Å². The Bertz CT molecular complexity index is 737. The number of rotatable bonds is 2. The molecule has 1 N–H and O–H groups in total. The average Bonchev–Trinajstić information content (AvgIpc) is 2.45. The molecule has 0 unspecified atom stereocenters. The summed E-state index contributed by atoms with van der Waals surface area (Å²) in [5.74, 6) is -0.838. The van der Waals surface area contributed by atoms with Gasteiger partial charge in [0, 0.05) is 10.2 Å². The molecule has 2 nitrogen and oxygen atoms in total. The Labute approximate surface area is 140 Å². The molecule has 0 saturated carbocycles. The fraction of sp³-hybridized carbons (Fsp3) is 0.133. The van der Waals surface area contributed by atoms with E-state index < -0.39 is 35.1 Å². The summed E-state index contributed by atoms with van der Waals surface area (Å²) in [5.41, 5.74) is -3.53. The molecule has 1 amide bonds. The molecule has 0 spiro atoms. The van der Waals surface area contributed by atoms with Gasteiger partial charge in [0.1, 0.15) is 0 Å². The van der Waals surface area contributed by atoms with Gasteiger partial charge in [0.15, 0.2) is 0 Å². The number of hydrogen-bond acceptors (Lipinski definition) is 1. The Morgan fingerprint density at radius 1 is 0.875 bits per heavy atom. The number of nitrogens with one attached hydrogen (secondary N) is 1. The Morgan fingerprint density at radius 3 is 1.83 bits per heavy atom. The maximum Gasteiger partial charge on any atom is 0.416 e. The molecule has 24 heavy (non-hydrogen) atoms. The summed E-state index contributed by atoms with van der Waals surface area (Å²) < 4.78 is 77.0. The molecule has 0 radical (unpaired) electrons. The second kappa shape index (κ2) is 6.46. The van der Waals surface area contributed by atoms with E-state index in [0.717, 1.165) is 0 Å². The van der Waals surface area contributed by atoms with Crippen molar-refractivity contribution in [2.24, 2.45) is 0 Å². The first kappa shape index (κ1) is 18.3. The summed E-state index contributed by atoms with van der Waals surface area (Å²) in [5, 5.41) is 2.06. The van der Waals surface area contributed by atoms with Crippen LogP contribution in [0, 0.1) is 0 Å². The van der Waals surface area contributed by atoms with Crippen molar-refractivity contribution in [1.82, 2.24) is 0 Å². The minimum absolute atomic E-state index is 0.00586. The zero-order valence-corrected chi connectivity index (χ0v) is 13.2. The number of carbonyl (C=O) groups excluding carboxylic acids is 1. The summed E-state index contributed by atoms with van der Waals surface area (Å²) >= 11 is 3.08. The maximum absolute atomic E-state index is 12.8. The molecule has 0 aliphatic heterocycles. The summed E-state index contributed by atoms with van der Waals surface area (Å²) in [4.78, 5) is 12.1. The molecule has 0 heterocycles. The standard InChI is InChI=1S/C15H8BrF6NO/c16-12-4-2-1-3-11(12)13(24)23-10-6-8(14(17,18)19)5-9(7-10)15(20,21)22/h1-7H,(H,23,24). The highest BCUT2D eigenvalue weighted by Crippen LogP contribution is 2.37. The van der Waals surface area contributed by atoms with Crippen LogP contribution in [0.25, 0.3) is 0 Å². The first-order valence-electron chi connectivity index (χ1n) is 6.34. The molecule has 0 atom stereocenters. The SMILES string of the molecule is O=C(Nc1cc(C(F)(F)F)cc(C(F)(F)F)c1)c1ccccc1Br. The van der Waals surface area contributed by atoms with Crippen molar-refractivity contribution in [3.63, 3.8) is 0 Å². The van der Waals surface area contributed by atoms with E-state index >= 15 is 0 Å². The van der Waals surface area contributed by atoms with Crippen molar-refractivity contribution < 1.29 is 31.1 Å². The smallest absolute Gasteiger partial charge is 0.322 e. The third kappa shape index (κ3) is 4.28. The monoisotopic (exact) mass is 411 g/mol. The van der Waals surface area contributed by atoms with Gasteiger partial charge in [0.25, 0.3) is 5.91 Å². The van der Waals surface area contributed by atoms with Gasteiger partial charge in [-0.2, -0.15) is 26.3 Å². The molecule has 0 bridgehead atoms. The fourth-order valence-corrected chi connectivity index (χ4v) is 2.34. The van der Waals surface area contributed by atoms with Gasteiger partial charge in [0.05, 0.1) is 16.7 Å². The highest BCUT2D eigenvalue weighted by atomic mass is 79.9. The lowest BCUT2D eigenvalue weighted by atomic mass is 10.1. The van der Waals surface area contributed by atoms with Crippen molar-refractivity contribution in [3.05, 3.63) is 63.6 Å². The molecule has 9 heteroatoms. The lowest BCUT2D eigenvalue weighted by molar-refractivity contribution is -0.143. The normalized spacial score (nSPS) is 12.1. The van der Waals surface area contributed by atoms with Gasteiger partial charge in [-0.05, 0) is 46.3 Å². The van der Waals surface area contributed by atoms with Crippen LogP contribution < -0.4 is 5.32 Å². The third-order valence-corrected chi connectivity index (χ3v) is 3.66. The number of halogens is 7. The van der Waals surface area contributed by atoms with Crippen LogP contribution in [0.4, 0.5) is 32.0 Å². The Morgan fingerprint density at radius 2 is 1.38 bits per heavy atom. The van der Waals surface area contributed by atoms with E-state index in [2.05, 4.69) is 21.2 Å². The van der Waals surface area contributed by atoms with E-state index in [0.29, 0.717) is 16.6 Å². The largest absolute Gasteiger partial charge is 0.416 e. The van der Waals surface area contributed by atoms with Crippen LogP contribution in [0.5, 0.6) is 0 Å². The van der Waals surface area contributed by atoms with Gasteiger partial charge < -0.3 is 5.32 Å². The van der Waals surface area contributed by atoms with E-state index in [-0.39, 0.29) is 11.6 Å². The van der Waals surface area contributed by atoms with E-state index in [1.807, 2.05) is 0 Å². The number of amides is 1. The van der Waals surface area contributed by atoms with Crippen LogP contribution in [0.1, 0.15) is 21.5 Å². The first-order chi connectivity index (χ1) is 11.0. The number of anilines is 1. The second-order valence-electron chi connectivity index (χ2n) is 4.73. The quantitative estimate of drug-likeness (QED) is 0.627. The molecule has 0 aliphatic carbocycles. The molecule has 2 aromatic rings. The fourth-order valence-electron chi connectivity index (χ4n) is 1.87. The highest BCUT2D eigenvalue weighted by Gasteiger charge is 2.37. The lowest BCUT2D eigenvalue weighted by Crippen LogP contribution is -2.16. The van der Waals surface area contributed by atoms with Gasteiger partial charge in [-0.25, -0.2) is 0 Å². The van der Waals surface area contributed by atoms with E-state index in [9.17, 15) is 31.1 Å². The van der Waals surface area contributed by atoms with Crippen LogP contribution in [0.3, 0.4) is 0 Å². The summed E-state index contributed by atoms with van der Waals surface area (Å²) in [6, 6.07) is 6.89. The van der Waals surface area contributed by atoms with Crippen LogP contribution in [0.2, 0.25) is 0 Å². The minimum atomic E-state index is -4.98. The molecule has 128 valence electrons. The summed E-state index contributed by atoms with van der Waals surface area (Å²) in [6.07, 6.45) is -9.96. The molecule has 0 fully saturated rings. The molecular formula is C15H8BrF6NO. The van der Waals surface area contributed by atoms with Gasteiger partial charge in [-0.1, -0.05) is 12.1 Å². The Balaban J connectivity index is 2.43. The lowest BCUT2D eigenvalue weighted by Gasteiger charge is -2.15. The van der Waals surface area contributed by atoms with Crippen molar-refractivity contribution in [3.8, 4) is 0 Å². The summed E-state index contributed by atoms with van der Waals surface area (Å²) in [6.45, 7) is 0. The maximum atomic E-state index is 12.8. The Hall–Kier alpha value is -2.03. The second-order valence-corrected chi connectivity index (χ2v) is 5.58. The van der Waals surface area contributed by atoms with Crippen molar-refractivity contribution >= 4 is 27.5 Å². The predicted molar refractivity (Wildman–Crippen MR) is 78.5 cm³/mol. The number of alkyl halides is 6. The third-order valence-electron chi connectivity index (χ3n) is 2.96. The predicted octanol–water partition coefficient (Wildman–Crippen LogP) is 5.74.